The van der Waals surface area contributed by atoms with Gasteiger partial charge in [-0.15, -0.1) is 10.2 Å². The summed E-state index contributed by atoms with van der Waals surface area (Å²) >= 11 is 0. The van der Waals surface area contributed by atoms with E-state index in [0.717, 1.165) is 15.7 Å². The topological polar surface area (TPSA) is 98.9 Å². The van der Waals surface area contributed by atoms with Gasteiger partial charge in [-0.2, -0.15) is 8.78 Å². The highest BCUT2D eigenvalue weighted by atomic mass is 19.3. The molecule has 8 nitrogen and oxygen atoms in total. The molecule has 3 N–H and O–H groups in total. The summed E-state index contributed by atoms with van der Waals surface area (Å²) in [5.74, 6) is -6.17. The van der Waals surface area contributed by atoms with E-state index in [9.17, 15) is 13.2 Å². The Bertz CT molecular complexity index is 1580. The molecule has 1 aliphatic heterocycles. The van der Waals surface area contributed by atoms with Crippen LogP contribution in [0, 0.1) is 18.6 Å². The molecule has 0 radical (unpaired) electrons. The van der Waals surface area contributed by atoms with Gasteiger partial charge in [0.05, 0.1) is 11.7 Å². The molecule has 13 heteroatoms. The lowest BCUT2D eigenvalue weighted by molar-refractivity contribution is 0.0251. The van der Waals surface area contributed by atoms with Crippen LogP contribution in [-0.4, -0.2) is 43.9 Å². The zero-order valence-electron chi connectivity index (χ0n) is 20.8. The Balaban J connectivity index is 1.58. The van der Waals surface area contributed by atoms with Gasteiger partial charge in [-0.25, -0.2) is 18.2 Å². The van der Waals surface area contributed by atoms with Crippen LogP contribution in [0.3, 0.4) is 0 Å². The van der Waals surface area contributed by atoms with E-state index in [1.807, 2.05) is 6.92 Å². The first-order valence-corrected chi connectivity index (χ1v) is 11.8. The minimum absolute atomic E-state index is 0.0141. The first-order chi connectivity index (χ1) is 18.7. The summed E-state index contributed by atoms with van der Waals surface area (Å²) in [6, 6.07) is 4.00. The van der Waals surface area contributed by atoms with Gasteiger partial charge in [0.2, 0.25) is 5.82 Å². The average Bonchev–Trinajstić information content (AvgIpc) is 3.53. The van der Waals surface area contributed by atoms with Crippen molar-refractivity contribution in [1.29, 1.82) is 0 Å². The summed E-state index contributed by atoms with van der Waals surface area (Å²) in [4.78, 5) is 8.45. The molecule has 0 saturated heterocycles. The predicted octanol–water partition coefficient (Wildman–Crippen LogP) is 4.97. The van der Waals surface area contributed by atoms with Gasteiger partial charge in [0.1, 0.15) is 30.0 Å². The van der Waals surface area contributed by atoms with Crippen molar-refractivity contribution in [2.24, 2.45) is 10.7 Å². The number of aryl methyl sites for hydroxylation is 1. The molecule has 0 amide bonds. The van der Waals surface area contributed by atoms with E-state index in [-0.39, 0.29) is 12.4 Å². The number of aliphatic imine (C=N–C) groups is 1. The van der Waals surface area contributed by atoms with Gasteiger partial charge in [-0.1, -0.05) is 0 Å². The number of rotatable bonds is 6. The number of nitrogens with zero attached hydrogens (tertiary/aromatic N) is 6. The Morgan fingerprint density at radius 1 is 1.18 bits per heavy atom. The van der Waals surface area contributed by atoms with Gasteiger partial charge >= 0.3 is 5.92 Å². The molecule has 0 aliphatic carbocycles. The van der Waals surface area contributed by atoms with Crippen LogP contribution in [0.25, 0.3) is 22.6 Å². The van der Waals surface area contributed by atoms with Crippen LogP contribution >= 0.6 is 0 Å². The minimum Gasteiger partial charge on any atom is -0.404 e. The molecule has 202 valence electrons. The molecule has 3 aromatic heterocycles. The third-order valence-electron chi connectivity index (χ3n) is 6.44. The van der Waals surface area contributed by atoms with Crippen molar-refractivity contribution >= 4 is 11.7 Å². The lowest BCUT2D eigenvalue weighted by Crippen LogP contribution is -2.30. The third kappa shape index (κ3) is 4.64. The summed E-state index contributed by atoms with van der Waals surface area (Å²) in [6.45, 7) is 0.885. The average molecular weight is 543 g/mol. The molecular formula is C26H23F5N8. The van der Waals surface area contributed by atoms with Crippen LogP contribution in [0.4, 0.5) is 27.8 Å². The number of hydrogen-bond donors (Lipinski definition) is 2. The van der Waals surface area contributed by atoms with Crippen molar-refractivity contribution in [3.63, 3.8) is 0 Å². The normalized spacial score (nSPS) is 15.5. The Kier molecular flexibility index (Phi) is 6.66. The van der Waals surface area contributed by atoms with Crippen LogP contribution in [0.5, 0.6) is 0 Å². The smallest absolute Gasteiger partial charge is 0.332 e. The van der Waals surface area contributed by atoms with Gasteiger partial charge in [0, 0.05) is 43.2 Å². The highest BCUT2D eigenvalue weighted by molar-refractivity contribution is 6.03. The Labute approximate surface area is 219 Å². The quantitative estimate of drug-likeness (QED) is 0.204. The third-order valence-corrected chi connectivity index (χ3v) is 6.44. The second-order valence-electron chi connectivity index (χ2n) is 9.00. The van der Waals surface area contributed by atoms with E-state index in [0.29, 0.717) is 41.1 Å². The lowest BCUT2D eigenvalue weighted by atomic mass is 10.0. The highest BCUT2D eigenvalue weighted by Crippen LogP contribution is 2.42. The number of benzene rings is 1. The van der Waals surface area contributed by atoms with E-state index in [1.54, 1.807) is 42.2 Å². The molecule has 1 aliphatic rings. The van der Waals surface area contributed by atoms with Crippen molar-refractivity contribution in [3.8, 4) is 22.6 Å². The second kappa shape index (κ2) is 9.97. The number of hydrogen-bond acceptors (Lipinski definition) is 5. The van der Waals surface area contributed by atoms with Gasteiger partial charge in [0.15, 0.2) is 5.82 Å². The molecule has 0 spiro atoms. The number of pyridine rings is 1. The number of alkyl halides is 3. The number of aromatic nitrogens is 5. The van der Waals surface area contributed by atoms with Crippen LogP contribution in [0.2, 0.25) is 0 Å². The van der Waals surface area contributed by atoms with Gasteiger partial charge in [-0.3, -0.25) is 9.56 Å². The molecule has 0 bridgehead atoms. The first-order valence-electron chi connectivity index (χ1n) is 11.8. The summed E-state index contributed by atoms with van der Waals surface area (Å²) in [7, 11) is 1.60. The zero-order valence-corrected chi connectivity index (χ0v) is 20.8. The van der Waals surface area contributed by atoms with E-state index >= 15 is 8.78 Å². The van der Waals surface area contributed by atoms with E-state index in [4.69, 9.17) is 5.73 Å². The Morgan fingerprint density at radius 2 is 1.92 bits per heavy atom. The van der Waals surface area contributed by atoms with Crippen molar-refractivity contribution in [3.05, 3.63) is 83.6 Å². The van der Waals surface area contributed by atoms with Gasteiger partial charge in [0.25, 0.3) is 0 Å². The summed E-state index contributed by atoms with van der Waals surface area (Å²) in [6.07, 6.45) is 6.36. The van der Waals surface area contributed by atoms with Crippen LogP contribution in [-0.2, 0) is 12.5 Å². The number of amidine groups is 1. The van der Waals surface area contributed by atoms with E-state index in [2.05, 4.69) is 25.5 Å². The summed E-state index contributed by atoms with van der Waals surface area (Å²) in [5.41, 5.74) is 7.27. The molecule has 5 rings (SSSR count). The highest BCUT2D eigenvalue weighted by Gasteiger charge is 2.44. The first kappa shape index (κ1) is 26.1. The van der Waals surface area contributed by atoms with Gasteiger partial charge < -0.3 is 15.6 Å². The lowest BCUT2D eigenvalue weighted by Gasteiger charge is -2.28. The maximum Gasteiger partial charge on any atom is 0.332 e. The fraction of sp³-hybridized carbons (Fsp3) is 0.231. The maximum atomic E-state index is 15.5. The Morgan fingerprint density at radius 3 is 2.59 bits per heavy atom. The Hall–Kier alpha value is -4.55. The molecule has 0 unspecified atom stereocenters. The summed E-state index contributed by atoms with van der Waals surface area (Å²) in [5, 5.41) is 10.7. The number of anilines is 1. The van der Waals surface area contributed by atoms with Crippen LogP contribution in [0.1, 0.15) is 23.0 Å². The van der Waals surface area contributed by atoms with Crippen molar-refractivity contribution in [2.75, 3.05) is 19.0 Å². The number of nitrogens with one attached hydrogen (secondary N) is 1. The van der Waals surface area contributed by atoms with E-state index in [1.165, 1.54) is 6.20 Å². The largest absolute Gasteiger partial charge is 0.404 e. The molecule has 39 heavy (non-hydrogen) atoms. The van der Waals surface area contributed by atoms with Gasteiger partial charge in [-0.05, 0) is 54.6 Å². The fourth-order valence-corrected chi connectivity index (χ4v) is 4.61. The van der Waals surface area contributed by atoms with Crippen LogP contribution < -0.4 is 11.1 Å². The maximum absolute atomic E-state index is 15.5. The van der Waals surface area contributed by atoms with Crippen molar-refractivity contribution < 1.29 is 22.0 Å². The SMILES string of the molecule is CN=C(C=CN)Nc1cc(-c2cc3n(c2)C[C@H](CF)n2c-3nnc2C(F)(F)c2cc(F)cc(F)c2)c(C)cn1. The zero-order chi connectivity index (χ0) is 27.9. The molecule has 0 fully saturated rings. The van der Waals surface area contributed by atoms with Crippen LogP contribution in [0.15, 0.2) is 60.0 Å². The molecule has 0 saturated carbocycles. The molecular weight excluding hydrogens is 519 g/mol. The molecule has 4 aromatic rings. The second-order valence-corrected chi connectivity index (χ2v) is 9.00. The van der Waals surface area contributed by atoms with Crippen molar-refractivity contribution in [2.45, 2.75) is 25.4 Å². The number of fused-ring (bicyclic) bond motifs is 3. The van der Waals surface area contributed by atoms with Crippen molar-refractivity contribution in [1.82, 2.24) is 24.3 Å². The van der Waals surface area contributed by atoms with E-state index < -0.39 is 41.7 Å². The monoisotopic (exact) mass is 542 g/mol. The fourth-order valence-electron chi connectivity index (χ4n) is 4.61. The standard InChI is InChI=1S/C26H23F5N8/c1-14-11-34-23(35-22(33-2)3-4-32)9-20(14)15-5-21-24-36-37-25(39(24)19(10-27)13-38(21)12-15)26(30,31)16-6-17(28)8-18(29)7-16/h3-9,11-12,19H,10,13,32H2,1-2H3,(H,33,34,35)/t19-/m0/s1. The molecule has 4 heterocycles. The number of halogens is 5. The summed E-state index contributed by atoms with van der Waals surface area (Å²) < 4.78 is 75.4. The minimum atomic E-state index is -3.93. The molecule has 1 aromatic carbocycles. The predicted molar refractivity (Wildman–Crippen MR) is 136 cm³/mol. The molecule has 1 atom stereocenters. The number of nitrogens with two attached hydrogens (primary N) is 1.